The Labute approximate surface area is 156 Å². The Morgan fingerprint density at radius 3 is 2.54 bits per heavy atom. The van der Waals surface area contributed by atoms with Crippen molar-refractivity contribution < 1.29 is 4.74 Å². The van der Waals surface area contributed by atoms with Crippen molar-refractivity contribution in [3.63, 3.8) is 0 Å². The number of hydrogen-bond acceptors (Lipinski definition) is 4. The molecule has 4 rings (SSSR count). The lowest BCUT2D eigenvalue weighted by molar-refractivity contribution is 0.0341. The molecule has 2 aromatic rings. The van der Waals surface area contributed by atoms with Crippen molar-refractivity contribution in [1.29, 1.82) is 0 Å². The van der Waals surface area contributed by atoms with Crippen LogP contribution in [0.3, 0.4) is 0 Å². The number of morpholine rings is 1. The van der Waals surface area contributed by atoms with Crippen LogP contribution in [-0.2, 0) is 11.3 Å². The summed E-state index contributed by atoms with van der Waals surface area (Å²) >= 11 is 0. The van der Waals surface area contributed by atoms with Crippen LogP contribution in [0, 0.1) is 5.41 Å². The maximum absolute atomic E-state index is 5.43. The maximum Gasteiger partial charge on any atom is 0.128 e. The van der Waals surface area contributed by atoms with Crippen molar-refractivity contribution in [2.75, 3.05) is 44.3 Å². The lowest BCUT2D eigenvalue weighted by Crippen LogP contribution is -2.35. The first-order chi connectivity index (χ1) is 12.6. The van der Waals surface area contributed by atoms with E-state index < -0.39 is 0 Å². The highest BCUT2D eigenvalue weighted by Crippen LogP contribution is 2.43. The average Bonchev–Trinajstić information content (AvgIpc) is 2.99. The van der Waals surface area contributed by atoms with Crippen molar-refractivity contribution in [2.45, 2.75) is 26.3 Å². The molecule has 3 heterocycles. The third kappa shape index (κ3) is 3.76. The van der Waals surface area contributed by atoms with Crippen molar-refractivity contribution in [3.8, 4) is 0 Å². The number of hydrogen-bond donors (Lipinski definition) is 0. The standard InChI is InChI=1S/C22H29N3O/c1-22(2)17-25(16-20(22)19-6-4-3-5-7-19)21-9-8-18(14-23-21)15-24-10-12-26-13-11-24/h3-9,14,20H,10-13,15-17H2,1-2H3/t20-/m1/s1. The number of benzene rings is 1. The van der Waals surface area contributed by atoms with Gasteiger partial charge in [0.1, 0.15) is 5.82 Å². The molecule has 26 heavy (non-hydrogen) atoms. The summed E-state index contributed by atoms with van der Waals surface area (Å²) in [5, 5.41) is 0. The average molecular weight is 351 g/mol. The van der Waals surface area contributed by atoms with E-state index >= 15 is 0 Å². The Morgan fingerprint density at radius 2 is 1.85 bits per heavy atom. The third-order valence-electron chi connectivity index (χ3n) is 5.79. The highest BCUT2D eigenvalue weighted by molar-refractivity contribution is 5.44. The van der Waals surface area contributed by atoms with E-state index in [-0.39, 0.29) is 5.41 Å². The lowest BCUT2D eigenvalue weighted by atomic mass is 9.78. The van der Waals surface area contributed by atoms with E-state index in [1.807, 2.05) is 6.20 Å². The molecule has 1 aromatic heterocycles. The molecule has 0 aliphatic carbocycles. The molecule has 1 atom stereocenters. The fourth-order valence-corrected chi connectivity index (χ4v) is 4.27. The fraction of sp³-hybridized carbons (Fsp3) is 0.500. The van der Waals surface area contributed by atoms with Crippen LogP contribution < -0.4 is 4.90 Å². The van der Waals surface area contributed by atoms with E-state index in [2.05, 4.69) is 66.1 Å². The van der Waals surface area contributed by atoms with Crippen molar-refractivity contribution in [3.05, 3.63) is 59.8 Å². The molecule has 2 fully saturated rings. The second kappa shape index (κ2) is 7.37. The zero-order valence-electron chi connectivity index (χ0n) is 15.9. The van der Waals surface area contributed by atoms with Crippen molar-refractivity contribution >= 4 is 5.82 Å². The number of nitrogens with zero attached hydrogens (tertiary/aromatic N) is 3. The molecule has 0 amide bonds. The van der Waals surface area contributed by atoms with Gasteiger partial charge in [0.25, 0.3) is 0 Å². The molecule has 4 nitrogen and oxygen atoms in total. The predicted molar refractivity (Wildman–Crippen MR) is 106 cm³/mol. The maximum atomic E-state index is 5.43. The Bertz CT molecular complexity index is 708. The molecule has 138 valence electrons. The summed E-state index contributed by atoms with van der Waals surface area (Å²) < 4.78 is 5.43. The van der Waals surface area contributed by atoms with Gasteiger partial charge in [-0.2, -0.15) is 0 Å². The SMILES string of the molecule is CC1(C)CN(c2ccc(CN3CCOCC3)cn2)C[C@@H]1c1ccccc1. The van der Waals surface area contributed by atoms with E-state index in [1.54, 1.807) is 0 Å². The quantitative estimate of drug-likeness (QED) is 0.842. The van der Waals surface area contributed by atoms with E-state index in [0.717, 1.165) is 51.8 Å². The second-order valence-corrected chi connectivity index (χ2v) is 8.25. The van der Waals surface area contributed by atoms with Gasteiger partial charge >= 0.3 is 0 Å². The summed E-state index contributed by atoms with van der Waals surface area (Å²) in [6, 6.07) is 15.3. The normalized spacial score (nSPS) is 23.3. The topological polar surface area (TPSA) is 28.6 Å². The smallest absolute Gasteiger partial charge is 0.128 e. The molecule has 1 aromatic carbocycles. The molecule has 0 radical (unpaired) electrons. The number of ether oxygens (including phenoxy) is 1. The fourth-order valence-electron chi connectivity index (χ4n) is 4.27. The number of rotatable bonds is 4. The Balaban J connectivity index is 1.44. The van der Waals surface area contributed by atoms with Gasteiger partial charge in [0.2, 0.25) is 0 Å². The van der Waals surface area contributed by atoms with E-state index in [0.29, 0.717) is 5.92 Å². The molecule has 0 spiro atoms. The van der Waals surface area contributed by atoms with Crippen molar-refractivity contribution in [1.82, 2.24) is 9.88 Å². The van der Waals surface area contributed by atoms with E-state index in [9.17, 15) is 0 Å². The van der Waals surface area contributed by atoms with Crippen LogP contribution in [0.5, 0.6) is 0 Å². The van der Waals surface area contributed by atoms with E-state index in [4.69, 9.17) is 9.72 Å². The minimum absolute atomic E-state index is 0.246. The number of pyridine rings is 1. The van der Waals surface area contributed by atoms with Crippen LogP contribution in [0.1, 0.15) is 30.9 Å². The first kappa shape index (κ1) is 17.5. The highest BCUT2D eigenvalue weighted by atomic mass is 16.5. The van der Waals surface area contributed by atoms with Crippen LogP contribution in [0.15, 0.2) is 48.7 Å². The number of anilines is 1. The van der Waals surface area contributed by atoms with Gasteiger partial charge in [0.15, 0.2) is 0 Å². The summed E-state index contributed by atoms with van der Waals surface area (Å²) in [5.41, 5.74) is 2.97. The molecular weight excluding hydrogens is 322 g/mol. The Morgan fingerprint density at radius 1 is 1.08 bits per heavy atom. The predicted octanol–water partition coefficient (Wildman–Crippen LogP) is 3.54. The first-order valence-electron chi connectivity index (χ1n) is 9.67. The van der Waals surface area contributed by atoms with Crippen molar-refractivity contribution in [2.24, 2.45) is 5.41 Å². The third-order valence-corrected chi connectivity index (χ3v) is 5.79. The minimum Gasteiger partial charge on any atom is -0.379 e. The van der Waals surface area contributed by atoms with Crippen LogP contribution in [-0.4, -0.2) is 49.3 Å². The summed E-state index contributed by atoms with van der Waals surface area (Å²) in [5.74, 6) is 1.64. The summed E-state index contributed by atoms with van der Waals surface area (Å²) in [7, 11) is 0. The summed E-state index contributed by atoms with van der Waals surface area (Å²) in [4.78, 5) is 9.66. The monoisotopic (exact) mass is 351 g/mol. The molecule has 4 heteroatoms. The molecule has 0 N–H and O–H groups in total. The Kier molecular flexibility index (Phi) is 4.96. The van der Waals surface area contributed by atoms with E-state index in [1.165, 1.54) is 11.1 Å². The lowest BCUT2D eigenvalue weighted by Gasteiger charge is -2.26. The van der Waals surface area contributed by atoms with Gasteiger partial charge in [-0.15, -0.1) is 0 Å². The molecular formula is C22H29N3O. The minimum atomic E-state index is 0.246. The molecule has 0 unspecified atom stereocenters. The zero-order valence-corrected chi connectivity index (χ0v) is 15.9. The zero-order chi connectivity index (χ0) is 18.0. The van der Waals surface area contributed by atoms with Crippen LogP contribution in [0.2, 0.25) is 0 Å². The van der Waals surface area contributed by atoms with Gasteiger partial charge in [-0.25, -0.2) is 4.98 Å². The van der Waals surface area contributed by atoms with Gasteiger partial charge in [0.05, 0.1) is 13.2 Å². The molecule has 0 saturated carbocycles. The molecule has 0 bridgehead atoms. The summed E-state index contributed by atoms with van der Waals surface area (Å²) in [6.45, 7) is 11.5. The largest absolute Gasteiger partial charge is 0.379 e. The van der Waals surface area contributed by atoms with Crippen LogP contribution >= 0.6 is 0 Å². The second-order valence-electron chi connectivity index (χ2n) is 8.25. The van der Waals surface area contributed by atoms with Gasteiger partial charge in [-0.3, -0.25) is 4.90 Å². The van der Waals surface area contributed by atoms with Gasteiger partial charge in [0, 0.05) is 44.8 Å². The van der Waals surface area contributed by atoms with Gasteiger partial charge < -0.3 is 9.64 Å². The van der Waals surface area contributed by atoms with Crippen LogP contribution in [0.25, 0.3) is 0 Å². The Hall–Kier alpha value is -1.91. The van der Waals surface area contributed by atoms with Gasteiger partial charge in [-0.1, -0.05) is 50.2 Å². The molecule has 2 saturated heterocycles. The van der Waals surface area contributed by atoms with Crippen LogP contribution in [0.4, 0.5) is 5.82 Å². The van der Waals surface area contributed by atoms with Gasteiger partial charge in [-0.05, 0) is 22.6 Å². The summed E-state index contributed by atoms with van der Waals surface area (Å²) in [6.07, 6.45) is 2.05. The molecule has 2 aliphatic rings. The first-order valence-corrected chi connectivity index (χ1v) is 9.67. The molecule has 2 aliphatic heterocycles. The number of aromatic nitrogens is 1. The highest BCUT2D eigenvalue weighted by Gasteiger charge is 2.40.